The van der Waals surface area contributed by atoms with Crippen molar-refractivity contribution in [3.8, 4) is 5.69 Å². The van der Waals surface area contributed by atoms with E-state index >= 15 is 0 Å². The molecule has 1 aromatic heterocycles. The maximum absolute atomic E-state index is 13.1. The minimum Gasteiger partial charge on any atom is -0.464 e. The molecule has 3 rings (SSSR count). The summed E-state index contributed by atoms with van der Waals surface area (Å²) in [6.45, 7) is 0.747. The van der Waals surface area contributed by atoms with Crippen LogP contribution in [-0.2, 0) is 22.3 Å². The van der Waals surface area contributed by atoms with Gasteiger partial charge in [-0.3, -0.25) is 18.7 Å². The highest BCUT2D eigenvalue weighted by Crippen LogP contribution is 2.30. The van der Waals surface area contributed by atoms with Crippen LogP contribution >= 0.6 is 0 Å². The largest absolute Gasteiger partial charge is 0.464 e. The Labute approximate surface area is 156 Å². The van der Waals surface area contributed by atoms with Crippen molar-refractivity contribution in [3.05, 3.63) is 74.9 Å². The average molecular weight is 392 g/mol. The van der Waals surface area contributed by atoms with Crippen LogP contribution in [0.5, 0.6) is 0 Å². The van der Waals surface area contributed by atoms with Crippen molar-refractivity contribution in [2.45, 2.75) is 19.6 Å². The molecule has 9 heteroatoms. The van der Waals surface area contributed by atoms with Gasteiger partial charge in [0.05, 0.1) is 28.7 Å². The van der Waals surface area contributed by atoms with Crippen LogP contribution in [0.25, 0.3) is 16.6 Å². The lowest BCUT2D eigenvalue weighted by Gasteiger charge is -2.15. The number of halogens is 3. The SMILES string of the molecule is CC(=O)OCCn1c(=O)c2ccccc2n(-c2cccc(C(F)(F)F)c2)c1=O. The number of alkyl halides is 3. The van der Waals surface area contributed by atoms with E-state index in [0.29, 0.717) is 0 Å². The van der Waals surface area contributed by atoms with Crippen LogP contribution in [0.15, 0.2) is 58.1 Å². The summed E-state index contributed by atoms with van der Waals surface area (Å²) in [4.78, 5) is 36.5. The van der Waals surface area contributed by atoms with Crippen LogP contribution in [0.3, 0.4) is 0 Å². The fourth-order valence-electron chi connectivity index (χ4n) is 2.85. The number of hydrogen-bond donors (Lipinski definition) is 0. The van der Waals surface area contributed by atoms with E-state index < -0.39 is 29.0 Å². The van der Waals surface area contributed by atoms with Gasteiger partial charge in [-0.15, -0.1) is 0 Å². The molecule has 0 saturated heterocycles. The molecule has 3 aromatic rings. The predicted molar refractivity (Wildman–Crippen MR) is 95.4 cm³/mol. The zero-order valence-corrected chi connectivity index (χ0v) is 14.7. The quantitative estimate of drug-likeness (QED) is 0.641. The number of carbonyl (C=O) groups is 1. The van der Waals surface area contributed by atoms with E-state index in [9.17, 15) is 27.6 Å². The average Bonchev–Trinajstić information content (AvgIpc) is 2.64. The van der Waals surface area contributed by atoms with Gasteiger partial charge in [-0.2, -0.15) is 13.2 Å². The Morgan fingerprint density at radius 1 is 1.07 bits per heavy atom. The van der Waals surface area contributed by atoms with Gasteiger partial charge < -0.3 is 4.74 Å². The number of nitrogens with zero attached hydrogens (tertiary/aromatic N) is 2. The first-order valence-corrected chi connectivity index (χ1v) is 8.26. The van der Waals surface area contributed by atoms with Crippen molar-refractivity contribution in [1.29, 1.82) is 0 Å². The summed E-state index contributed by atoms with van der Waals surface area (Å²) in [5, 5.41) is 0.155. The maximum Gasteiger partial charge on any atom is 0.416 e. The van der Waals surface area contributed by atoms with Gasteiger partial charge >= 0.3 is 17.8 Å². The number of ether oxygens (including phenoxy) is 1. The molecule has 0 amide bonds. The van der Waals surface area contributed by atoms with Crippen LogP contribution in [0.2, 0.25) is 0 Å². The number of aromatic nitrogens is 2. The topological polar surface area (TPSA) is 70.3 Å². The predicted octanol–water partition coefficient (Wildman–Crippen LogP) is 2.73. The minimum atomic E-state index is -4.58. The zero-order chi connectivity index (χ0) is 20.5. The Kier molecular flexibility index (Phi) is 5.08. The van der Waals surface area contributed by atoms with E-state index in [1.807, 2.05) is 0 Å². The second-order valence-electron chi connectivity index (χ2n) is 5.98. The van der Waals surface area contributed by atoms with Gasteiger partial charge in [-0.1, -0.05) is 18.2 Å². The highest BCUT2D eigenvalue weighted by Gasteiger charge is 2.30. The lowest BCUT2D eigenvalue weighted by molar-refractivity contribution is -0.141. The van der Waals surface area contributed by atoms with E-state index in [2.05, 4.69) is 0 Å². The van der Waals surface area contributed by atoms with Crippen molar-refractivity contribution < 1.29 is 22.7 Å². The Bertz CT molecular complexity index is 1160. The number of fused-ring (bicyclic) bond motifs is 1. The van der Waals surface area contributed by atoms with Crippen molar-refractivity contribution in [1.82, 2.24) is 9.13 Å². The number of para-hydroxylation sites is 1. The van der Waals surface area contributed by atoms with Crippen LogP contribution in [0.1, 0.15) is 12.5 Å². The summed E-state index contributed by atoms with van der Waals surface area (Å²) in [7, 11) is 0. The molecule has 1 heterocycles. The van der Waals surface area contributed by atoms with E-state index in [0.717, 1.165) is 21.3 Å². The van der Waals surface area contributed by atoms with Crippen molar-refractivity contribution >= 4 is 16.9 Å². The van der Waals surface area contributed by atoms with Crippen molar-refractivity contribution in [3.63, 3.8) is 0 Å². The number of benzene rings is 2. The molecular formula is C19H15F3N2O4. The van der Waals surface area contributed by atoms with Gasteiger partial charge in [0.2, 0.25) is 0 Å². The third kappa shape index (κ3) is 3.68. The summed E-state index contributed by atoms with van der Waals surface area (Å²) < 4.78 is 45.9. The molecule has 146 valence electrons. The fourth-order valence-corrected chi connectivity index (χ4v) is 2.85. The second kappa shape index (κ2) is 7.34. The number of hydrogen-bond acceptors (Lipinski definition) is 4. The highest BCUT2D eigenvalue weighted by molar-refractivity contribution is 5.79. The Hall–Kier alpha value is -3.36. The maximum atomic E-state index is 13.1. The standard InChI is InChI=1S/C19H15F3N2O4/c1-12(25)28-10-9-23-17(26)15-7-2-3-8-16(15)24(18(23)27)14-6-4-5-13(11-14)19(20,21)22/h2-8,11H,9-10H2,1H3. The van der Waals surface area contributed by atoms with Gasteiger partial charge in [0, 0.05) is 6.92 Å². The van der Waals surface area contributed by atoms with Gasteiger partial charge in [-0.05, 0) is 30.3 Å². The van der Waals surface area contributed by atoms with Crippen molar-refractivity contribution in [2.24, 2.45) is 0 Å². The summed E-state index contributed by atoms with van der Waals surface area (Å²) in [5.74, 6) is -0.577. The molecule has 0 bridgehead atoms. The Balaban J connectivity index is 2.26. The zero-order valence-electron chi connectivity index (χ0n) is 14.7. The summed E-state index contributed by atoms with van der Waals surface area (Å²) in [5.41, 5.74) is -2.21. The molecule has 2 aromatic carbocycles. The molecule has 0 saturated carbocycles. The molecule has 0 aliphatic rings. The van der Waals surface area contributed by atoms with E-state index in [1.54, 1.807) is 12.1 Å². The molecule has 0 fully saturated rings. The minimum absolute atomic E-state index is 0.0303. The van der Waals surface area contributed by atoms with Crippen LogP contribution in [0.4, 0.5) is 13.2 Å². The van der Waals surface area contributed by atoms with E-state index in [-0.39, 0.29) is 29.7 Å². The number of rotatable bonds is 4. The lowest BCUT2D eigenvalue weighted by atomic mass is 10.1. The normalized spacial score (nSPS) is 11.6. The first-order valence-electron chi connectivity index (χ1n) is 8.26. The summed E-state index contributed by atoms with van der Waals surface area (Å²) >= 11 is 0. The molecule has 0 spiro atoms. The smallest absolute Gasteiger partial charge is 0.416 e. The molecule has 6 nitrogen and oxygen atoms in total. The first-order chi connectivity index (χ1) is 13.2. The highest BCUT2D eigenvalue weighted by atomic mass is 19.4. The van der Waals surface area contributed by atoms with Crippen LogP contribution < -0.4 is 11.2 Å². The third-order valence-corrected chi connectivity index (χ3v) is 4.09. The summed E-state index contributed by atoms with van der Waals surface area (Å²) in [6.07, 6.45) is -4.58. The Morgan fingerprint density at radius 3 is 2.46 bits per heavy atom. The van der Waals surface area contributed by atoms with Gasteiger partial charge in [-0.25, -0.2) is 4.79 Å². The molecule has 0 atom stereocenters. The van der Waals surface area contributed by atoms with Gasteiger partial charge in [0.1, 0.15) is 6.61 Å². The second-order valence-corrected chi connectivity index (χ2v) is 5.98. The van der Waals surface area contributed by atoms with E-state index in [1.165, 1.54) is 31.2 Å². The lowest BCUT2D eigenvalue weighted by Crippen LogP contribution is -2.40. The molecule has 0 aliphatic carbocycles. The molecule has 28 heavy (non-hydrogen) atoms. The third-order valence-electron chi connectivity index (χ3n) is 4.09. The van der Waals surface area contributed by atoms with Crippen LogP contribution in [0, 0.1) is 0 Å². The molecule has 0 radical (unpaired) electrons. The van der Waals surface area contributed by atoms with Gasteiger partial charge in [0.15, 0.2) is 0 Å². The van der Waals surface area contributed by atoms with Crippen molar-refractivity contribution in [2.75, 3.05) is 6.61 Å². The fraction of sp³-hybridized carbons (Fsp3) is 0.211. The van der Waals surface area contributed by atoms with E-state index in [4.69, 9.17) is 4.74 Å². The first kappa shape index (κ1) is 19.4. The molecular weight excluding hydrogens is 377 g/mol. The van der Waals surface area contributed by atoms with Crippen LogP contribution in [-0.4, -0.2) is 21.7 Å². The van der Waals surface area contributed by atoms with Gasteiger partial charge in [0.25, 0.3) is 5.56 Å². The molecule has 0 aliphatic heterocycles. The summed E-state index contributed by atoms with van der Waals surface area (Å²) in [6, 6.07) is 10.4. The number of carbonyl (C=O) groups excluding carboxylic acids is 1. The Morgan fingerprint density at radius 2 is 1.79 bits per heavy atom. The molecule has 0 N–H and O–H groups in total. The number of esters is 1. The molecule has 0 unspecified atom stereocenters. The monoisotopic (exact) mass is 392 g/mol.